The van der Waals surface area contributed by atoms with Crippen molar-refractivity contribution in [3.8, 4) is 0 Å². The number of ether oxygens (including phenoxy) is 1. The van der Waals surface area contributed by atoms with Gasteiger partial charge in [0.05, 0.1) is 23.1 Å². The summed E-state index contributed by atoms with van der Waals surface area (Å²) in [7, 11) is 1.74. The minimum absolute atomic E-state index is 0.273. The van der Waals surface area contributed by atoms with Gasteiger partial charge in [0.15, 0.2) is 10.8 Å². The van der Waals surface area contributed by atoms with Gasteiger partial charge in [0.1, 0.15) is 17.0 Å². The molecule has 1 aliphatic rings. The van der Waals surface area contributed by atoms with Crippen molar-refractivity contribution in [1.82, 2.24) is 29.9 Å². The second-order valence-corrected chi connectivity index (χ2v) is 8.86. The molecule has 0 aliphatic carbocycles. The maximum Gasteiger partial charge on any atom is 0.196 e. The zero-order valence-corrected chi connectivity index (χ0v) is 18.9. The molecule has 1 fully saturated rings. The SMILES string of the molecule is CCc1[nH]c2nc(Sc3cnc4nccnc4c3)nc(N3CCC[C@H]3COC)c2c1Cl. The van der Waals surface area contributed by atoms with Gasteiger partial charge in [-0.2, -0.15) is 0 Å². The summed E-state index contributed by atoms with van der Waals surface area (Å²) >= 11 is 8.20. The lowest BCUT2D eigenvalue weighted by atomic mass is 10.2. The van der Waals surface area contributed by atoms with E-state index in [1.807, 2.05) is 6.07 Å². The fourth-order valence-electron chi connectivity index (χ4n) is 4.05. The van der Waals surface area contributed by atoms with E-state index in [-0.39, 0.29) is 6.04 Å². The number of rotatable bonds is 6. The first-order valence-electron chi connectivity index (χ1n) is 10.3. The van der Waals surface area contributed by atoms with Crippen LogP contribution in [0.25, 0.3) is 22.2 Å². The second kappa shape index (κ2) is 8.57. The molecule has 1 atom stereocenters. The van der Waals surface area contributed by atoms with E-state index >= 15 is 0 Å². The van der Waals surface area contributed by atoms with Gasteiger partial charge in [-0.25, -0.2) is 19.9 Å². The number of methoxy groups -OCH3 is 1. The van der Waals surface area contributed by atoms with Crippen molar-refractivity contribution >= 4 is 51.4 Å². The van der Waals surface area contributed by atoms with Crippen molar-refractivity contribution in [3.05, 3.63) is 35.4 Å². The lowest BCUT2D eigenvalue weighted by Gasteiger charge is -2.26. The monoisotopic (exact) mass is 455 g/mol. The van der Waals surface area contributed by atoms with Crippen LogP contribution in [0.15, 0.2) is 34.7 Å². The number of nitrogens with zero attached hydrogens (tertiary/aromatic N) is 6. The smallest absolute Gasteiger partial charge is 0.196 e. The summed E-state index contributed by atoms with van der Waals surface area (Å²) in [5, 5.41) is 2.22. The Morgan fingerprint density at radius 2 is 2.13 bits per heavy atom. The third-order valence-corrected chi connectivity index (χ3v) is 6.73. The molecule has 0 aromatic carbocycles. The van der Waals surface area contributed by atoms with E-state index < -0.39 is 0 Å². The molecule has 0 saturated carbocycles. The molecule has 4 aromatic heterocycles. The van der Waals surface area contributed by atoms with Crippen molar-refractivity contribution in [2.75, 3.05) is 25.2 Å². The Labute approximate surface area is 188 Å². The maximum atomic E-state index is 6.74. The number of anilines is 1. The number of hydrogen-bond acceptors (Lipinski definition) is 8. The van der Waals surface area contributed by atoms with Gasteiger partial charge in [-0.1, -0.05) is 18.5 Å². The first-order chi connectivity index (χ1) is 15.2. The summed E-state index contributed by atoms with van der Waals surface area (Å²) < 4.78 is 5.46. The van der Waals surface area contributed by atoms with E-state index in [0.29, 0.717) is 22.4 Å². The van der Waals surface area contributed by atoms with Crippen LogP contribution in [-0.4, -0.2) is 56.2 Å². The van der Waals surface area contributed by atoms with Gasteiger partial charge in [-0.05, 0) is 37.1 Å². The molecule has 0 unspecified atom stereocenters. The number of aromatic amines is 1. The molecule has 8 nitrogen and oxygen atoms in total. The molecule has 1 N–H and O–H groups in total. The van der Waals surface area contributed by atoms with Crippen molar-refractivity contribution in [1.29, 1.82) is 0 Å². The van der Waals surface area contributed by atoms with Crippen LogP contribution in [0.2, 0.25) is 5.02 Å². The molecule has 5 heterocycles. The topological polar surface area (TPSA) is 92.7 Å². The summed E-state index contributed by atoms with van der Waals surface area (Å²) in [6, 6.07) is 2.23. The highest BCUT2D eigenvalue weighted by Crippen LogP contribution is 2.39. The predicted octanol–water partition coefficient (Wildman–Crippen LogP) is 4.28. The number of pyridine rings is 1. The molecule has 10 heteroatoms. The number of aromatic nitrogens is 6. The van der Waals surface area contributed by atoms with Crippen LogP contribution in [0.5, 0.6) is 0 Å². The maximum absolute atomic E-state index is 6.74. The number of halogens is 1. The molecule has 1 aliphatic heterocycles. The van der Waals surface area contributed by atoms with Gasteiger partial charge in [-0.15, -0.1) is 0 Å². The van der Waals surface area contributed by atoms with E-state index in [1.54, 1.807) is 25.7 Å². The van der Waals surface area contributed by atoms with Gasteiger partial charge in [0.25, 0.3) is 0 Å². The zero-order valence-electron chi connectivity index (χ0n) is 17.3. The Morgan fingerprint density at radius 1 is 1.26 bits per heavy atom. The Morgan fingerprint density at radius 3 is 2.97 bits per heavy atom. The first kappa shape index (κ1) is 20.4. The number of nitrogens with one attached hydrogen (secondary N) is 1. The summed E-state index contributed by atoms with van der Waals surface area (Å²) in [6.07, 6.45) is 8.03. The highest BCUT2D eigenvalue weighted by Gasteiger charge is 2.29. The van der Waals surface area contributed by atoms with E-state index in [4.69, 9.17) is 26.3 Å². The van der Waals surface area contributed by atoms with Crippen molar-refractivity contribution in [2.45, 2.75) is 42.3 Å². The molecule has 4 aromatic rings. The minimum atomic E-state index is 0.273. The van der Waals surface area contributed by atoms with Crippen molar-refractivity contribution < 1.29 is 4.74 Å². The lowest BCUT2D eigenvalue weighted by Crippen LogP contribution is -2.33. The highest BCUT2D eigenvalue weighted by molar-refractivity contribution is 7.99. The molecule has 0 radical (unpaired) electrons. The fourth-order valence-corrected chi connectivity index (χ4v) is 5.16. The van der Waals surface area contributed by atoms with Gasteiger partial charge in [0, 0.05) is 42.8 Å². The first-order valence-corrected chi connectivity index (χ1v) is 11.5. The molecular weight excluding hydrogens is 434 g/mol. The minimum Gasteiger partial charge on any atom is -0.383 e. The lowest BCUT2D eigenvalue weighted by molar-refractivity contribution is 0.180. The highest BCUT2D eigenvalue weighted by atomic mass is 35.5. The van der Waals surface area contributed by atoms with Crippen LogP contribution < -0.4 is 4.90 Å². The Kier molecular flexibility index (Phi) is 5.64. The third kappa shape index (κ3) is 3.81. The number of fused-ring (bicyclic) bond motifs is 2. The molecule has 31 heavy (non-hydrogen) atoms. The van der Waals surface area contributed by atoms with Gasteiger partial charge in [0.2, 0.25) is 0 Å². The summed E-state index contributed by atoms with van der Waals surface area (Å²) in [4.78, 5) is 29.3. The van der Waals surface area contributed by atoms with Gasteiger partial charge in [-0.3, -0.25) is 4.98 Å². The van der Waals surface area contributed by atoms with Crippen LogP contribution in [-0.2, 0) is 11.2 Å². The normalized spacial score (nSPS) is 16.6. The van der Waals surface area contributed by atoms with E-state index in [2.05, 4.69) is 31.8 Å². The zero-order chi connectivity index (χ0) is 21.4. The quantitative estimate of drug-likeness (QED) is 0.430. The van der Waals surface area contributed by atoms with E-state index in [9.17, 15) is 0 Å². The molecule has 0 bridgehead atoms. The van der Waals surface area contributed by atoms with E-state index in [1.165, 1.54) is 11.8 Å². The van der Waals surface area contributed by atoms with Gasteiger partial charge >= 0.3 is 0 Å². The molecule has 160 valence electrons. The summed E-state index contributed by atoms with van der Waals surface area (Å²) in [6.45, 7) is 3.65. The average molecular weight is 456 g/mol. The van der Waals surface area contributed by atoms with E-state index in [0.717, 1.165) is 58.8 Å². The molecule has 1 saturated heterocycles. The number of aryl methyl sites for hydroxylation is 1. The van der Waals surface area contributed by atoms with Gasteiger partial charge < -0.3 is 14.6 Å². The Bertz CT molecular complexity index is 1250. The number of H-pyrrole nitrogens is 1. The van der Waals surface area contributed by atoms with Crippen LogP contribution in [0.4, 0.5) is 5.82 Å². The standard InChI is InChI=1S/C21H22ClN7OS/c1-3-14-17(22)16-19(26-14)27-21(28-20(16)29-8-4-5-12(29)11-30-2)31-13-9-15-18(25-10-13)24-7-6-23-15/h6-7,9-10,12H,3-5,8,11H2,1-2H3,(H,26,27,28)/t12-/m0/s1. The summed E-state index contributed by atoms with van der Waals surface area (Å²) in [5.41, 5.74) is 3.09. The van der Waals surface area contributed by atoms with Crippen molar-refractivity contribution in [2.24, 2.45) is 0 Å². The summed E-state index contributed by atoms with van der Waals surface area (Å²) in [5.74, 6) is 0.863. The predicted molar refractivity (Wildman–Crippen MR) is 122 cm³/mol. The molecule has 0 amide bonds. The average Bonchev–Trinajstić information content (AvgIpc) is 3.37. The van der Waals surface area contributed by atoms with Crippen LogP contribution in [0, 0.1) is 0 Å². The largest absolute Gasteiger partial charge is 0.383 e. The Balaban J connectivity index is 1.59. The molecular formula is C21H22ClN7OS. The van der Waals surface area contributed by atoms with Crippen LogP contribution in [0.3, 0.4) is 0 Å². The molecule has 0 spiro atoms. The van der Waals surface area contributed by atoms with Crippen molar-refractivity contribution in [3.63, 3.8) is 0 Å². The Hall–Kier alpha value is -2.49. The molecule has 5 rings (SSSR count). The van der Waals surface area contributed by atoms with Crippen LogP contribution in [0.1, 0.15) is 25.5 Å². The van der Waals surface area contributed by atoms with Crippen LogP contribution >= 0.6 is 23.4 Å². The third-order valence-electron chi connectivity index (χ3n) is 5.49. The number of hydrogen-bond donors (Lipinski definition) is 1. The second-order valence-electron chi connectivity index (χ2n) is 7.44. The fraction of sp³-hybridized carbons (Fsp3) is 0.381.